The number of hydrogen-bond acceptors (Lipinski definition) is 4. The first kappa shape index (κ1) is 18.6. The van der Waals surface area contributed by atoms with Crippen molar-refractivity contribution in [2.45, 2.75) is 6.54 Å². The van der Waals surface area contributed by atoms with Gasteiger partial charge in [-0.05, 0) is 42.0 Å². The Labute approximate surface area is 181 Å². The molecule has 30 heavy (non-hydrogen) atoms. The lowest BCUT2D eigenvalue weighted by atomic mass is 10.1. The third-order valence-electron chi connectivity index (χ3n) is 4.74. The Morgan fingerprint density at radius 3 is 2.70 bits per heavy atom. The van der Waals surface area contributed by atoms with E-state index in [4.69, 9.17) is 11.6 Å². The van der Waals surface area contributed by atoms with Crippen LogP contribution in [-0.2, 0) is 6.54 Å². The highest BCUT2D eigenvalue weighted by Crippen LogP contribution is 2.25. The highest BCUT2D eigenvalue weighted by atomic mass is 35.5. The number of fused-ring (bicyclic) bond motifs is 1. The van der Waals surface area contributed by atoms with Gasteiger partial charge in [0.15, 0.2) is 0 Å². The average Bonchev–Trinajstić information content (AvgIpc) is 3.51. The SMILES string of the molecule is O=C(NCc1cn(-c2ccc(-c3cc4ccccc4[nH]3)cc2)nn1)c1ccc(Cl)s1. The maximum atomic E-state index is 12.1. The molecule has 0 aliphatic heterocycles. The molecular formula is C22H16ClN5OS. The van der Waals surface area contributed by atoms with Crippen LogP contribution in [0.25, 0.3) is 27.8 Å². The van der Waals surface area contributed by atoms with Crippen molar-refractivity contribution >= 4 is 39.7 Å². The van der Waals surface area contributed by atoms with Crippen LogP contribution < -0.4 is 5.32 Å². The molecule has 8 heteroatoms. The van der Waals surface area contributed by atoms with Crippen LogP contribution in [0.4, 0.5) is 0 Å². The number of nitrogens with one attached hydrogen (secondary N) is 2. The average molecular weight is 434 g/mol. The number of benzene rings is 2. The second kappa shape index (κ2) is 7.78. The summed E-state index contributed by atoms with van der Waals surface area (Å²) in [6.07, 6.45) is 1.81. The topological polar surface area (TPSA) is 75.6 Å². The number of halogens is 1. The highest BCUT2D eigenvalue weighted by molar-refractivity contribution is 7.17. The van der Waals surface area contributed by atoms with Gasteiger partial charge in [0.2, 0.25) is 0 Å². The molecule has 3 aromatic heterocycles. The lowest BCUT2D eigenvalue weighted by molar-refractivity contribution is 0.0954. The highest BCUT2D eigenvalue weighted by Gasteiger charge is 2.10. The van der Waals surface area contributed by atoms with Gasteiger partial charge >= 0.3 is 0 Å². The number of thiophene rings is 1. The molecule has 5 rings (SSSR count). The van der Waals surface area contributed by atoms with Gasteiger partial charge in [-0.1, -0.05) is 47.1 Å². The largest absolute Gasteiger partial charge is 0.355 e. The first-order valence-corrected chi connectivity index (χ1v) is 10.5. The normalized spacial score (nSPS) is 11.1. The van der Waals surface area contributed by atoms with Gasteiger partial charge in [0.1, 0.15) is 5.69 Å². The van der Waals surface area contributed by atoms with Crippen LogP contribution in [-0.4, -0.2) is 25.9 Å². The number of aromatic nitrogens is 4. The minimum Gasteiger partial charge on any atom is -0.355 e. The molecule has 2 N–H and O–H groups in total. The number of H-pyrrole nitrogens is 1. The molecule has 148 valence electrons. The molecule has 1 amide bonds. The number of para-hydroxylation sites is 1. The molecule has 0 atom stereocenters. The molecule has 0 aliphatic rings. The van der Waals surface area contributed by atoms with Crippen molar-refractivity contribution in [2.75, 3.05) is 0 Å². The van der Waals surface area contributed by atoms with Crippen molar-refractivity contribution in [3.63, 3.8) is 0 Å². The Balaban J connectivity index is 1.28. The second-order valence-electron chi connectivity index (χ2n) is 6.76. The number of nitrogens with zero attached hydrogens (tertiary/aromatic N) is 3. The minimum atomic E-state index is -0.177. The summed E-state index contributed by atoms with van der Waals surface area (Å²) in [5.41, 5.74) is 4.84. The van der Waals surface area contributed by atoms with Crippen molar-refractivity contribution in [1.82, 2.24) is 25.3 Å². The lowest BCUT2D eigenvalue weighted by Gasteiger charge is -2.02. The number of carbonyl (C=O) groups excluding carboxylic acids is 1. The van der Waals surface area contributed by atoms with E-state index in [1.54, 1.807) is 23.0 Å². The van der Waals surface area contributed by atoms with Crippen molar-refractivity contribution in [1.29, 1.82) is 0 Å². The fraction of sp³-hybridized carbons (Fsp3) is 0.0455. The van der Waals surface area contributed by atoms with Crippen molar-refractivity contribution in [2.24, 2.45) is 0 Å². The number of amides is 1. The van der Waals surface area contributed by atoms with E-state index in [1.807, 2.05) is 36.4 Å². The maximum Gasteiger partial charge on any atom is 0.261 e. The molecular weight excluding hydrogens is 418 g/mol. The molecule has 6 nitrogen and oxygen atoms in total. The molecule has 0 saturated heterocycles. The zero-order valence-corrected chi connectivity index (χ0v) is 17.2. The summed E-state index contributed by atoms with van der Waals surface area (Å²) in [5, 5.41) is 12.3. The first-order valence-electron chi connectivity index (χ1n) is 9.29. The molecule has 0 radical (unpaired) electrons. The smallest absolute Gasteiger partial charge is 0.261 e. The van der Waals surface area contributed by atoms with Gasteiger partial charge < -0.3 is 10.3 Å². The van der Waals surface area contributed by atoms with E-state index in [2.05, 4.69) is 38.8 Å². The van der Waals surface area contributed by atoms with Gasteiger partial charge in [-0.2, -0.15) is 0 Å². The van der Waals surface area contributed by atoms with E-state index < -0.39 is 0 Å². The van der Waals surface area contributed by atoms with Gasteiger partial charge in [0.05, 0.1) is 27.6 Å². The Hall–Kier alpha value is -3.42. The standard InChI is InChI=1S/C22H16ClN5OS/c23-21-10-9-20(30-21)22(29)24-12-16-13-28(27-26-16)17-7-5-14(6-8-17)19-11-15-3-1-2-4-18(15)25-19/h1-11,13,25H,12H2,(H,24,29). The molecule has 0 aliphatic carbocycles. The molecule has 0 spiro atoms. The van der Waals surface area contributed by atoms with Crippen molar-refractivity contribution in [3.8, 4) is 16.9 Å². The summed E-state index contributed by atoms with van der Waals surface area (Å²) in [6, 6.07) is 21.8. The molecule has 2 aromatic carbocycles. The summed E-state index contributed by atoms with van der Waals surface area (Å²) in [4.78, 5) is 16.1. The zero-order valence-electron chi connectivity index (χ0n) is 15.7. The first-order chi connectivity index (χ1) is 14.7. The van der Waals surface area contributed by atoms with E-state index in [9.17, 15) is 4.79 Å². The molecule has 0 bridgehead atoms. The second-order valence-corrected chi connectivity index (χ2v) is 8.47. The van der Waals surface area contributed by atoms with Crippen LogP contribution in [0.2, 0.25) is 4.34 Å². The van der Waals surface area contributed by atoms with E-state index in [1.165, 1.54) is 16.7 Å². The number of carbonyl (C=O) groups is 1. The Bertz CT molecular complexity index is 1300. The van der Waals surface area contributed by atoms with E-state index >= 15 is 0 Å². The summed E-state index contributed by atoms with van der Waals surface area (Å²) in [6.45, 7) is 0.293. The van der Waals surface area contributed by atoms with Crippen molar-refractivity contribution < 1.29 is 4.79 Å². The van der Waals surface area contributed by atoms with E-state index in [0.717, 1.165) is 22.5 Å². The molecule has 0 fully saturated rings. The third kappa shape index (κ3) is 3.72. The summed E-state index contributed by atoms with van der Waals surface area (Å²) in [5.74, 6) is -0.177. The Morgan fingerprint density at radius 2 is 1.93 bits per heavy atom. The Kier molecular flexibility index (Phi) is 4.82. The van der Waals surface area contributed by atoms with E-state index in [0.29, 0.717) is 21.5 Å². The van der Waals surface area contributed by atoms with E-state index in [-0.39, 0.29) is 5.91 Å². The minimum absolute atomic E-state index is 0.177. The summed E-state index contributed by atoms with van der Waals surface area (Å²) in [7, 11) is 0. The predicted octanol–water partition coefficient (Wildman–Crippen LogP) is 5.06. The fourth-order valence-electron chi connectivity index (χ4n) is 3.22. The van der Waals surface area contributed by atoms with Gasteiger partial charge in [-0.15, -0.1) is 16.4 Å². The molecule has 0 unspecified atom stereocenters. The van der Waals surface area contributed by atoms with Crippen LogP contribution in [0.15, 0.2) is 72.9 Å². The lowest BCUT2D eigenvalue weighted by Crippen LogP contribution is -2.21. The summed E-state index contributed by atoms with van der Waals surface area (Å²) >= 11 is 7.12. The van der Waals surface area contributed by atoms with Crippen molar-refractivity contribution in [3.05, 3.63) is 87.8 Å². The van der Waals surface area contributed by atoms with Crippen LogP contribution in [0, 0.1) is 0 Å². The van der Waals surface area contributed by atoms with Crippen LogP contribution in [0.5, 0.6) is 0 Å². The van der Waals surface area contributed by atoms with Gasteiger partial charge in [0.25, 0.3) is 5.91 Å². The predicted molar refractivity (Wildman–Crippen MR) is 119 cm³/mol. The number of hydrogen-bond donors (Lipinski definition) is 2. The van der Waals surface area contributed by atoms with Crippen LogP contribution in [0.3, 0.4) is 0 Å². The number of rotatable bonds is 5. The van der Waals surface area contributed by atoms with Gasteiger partial charge in [-0.3, -0.25) is 4.79 Å². The number of aromatic amines is 1. The zero-order chi connectivity index (χ0) is 20.5. The molecule has 0 saturated carbocycles. The van der Waals surface area contributed by atoms with Crippen LogP contribution in [0.1, 0.15) is 15.4 Å². The van der Waals surface area contributed by atoms with Gasteiger partial charge in [-0.25, -0.2) is 4.68 Å². The quantitative estimate of drug-likeness (QED) is 0.406. The summed E-state index contributed by atoms with van der Waals surface area (Å²) < 4.78 is 2.28. The molecule has 3 heterocycles. The maximum absolute atomic E-state index is 12.1. The fourth-order valence-corrected chi connectivity index (χ4v) is 4.18. The monoisotopic (exact) mass is 433 g/mol. The van der Waals surface area contributed by atoms with Gasteiger partial charge in [0, 0.05) is 16.6 Å². The van der Waals surface area contributed by atoms with Crippen LogP contribution >= 0.6 is 22.9 Å². The third-order valence-corrected chi connectivity index (χ3v) is 5.97. The molecule has 5 aromatic rings. The Morgan fingerprint density at radius 1 is 1.10 bits per heavy atom.